The summed E-state index contributed by atoms with van der Waals surface area (Å²) in [5.74, 6) is 1.27. The quantitative estimate of drug-likeness (QED) is 0.777. The van der Waals surface area contributed by atoms with E-state index in [0.717, 1.165) is 38.4 Å². The molecule has 0 bridgehead atoms. The number of piperidine rings is 1. The summed E-state index contributed by atoms with van der Waals surface area (Å²) in [6, 6.07) is 0. The Hall–Kier alpha value is -0.220. The Balaban J connectivity index is 2.39. The first-order chi connectivity index (χ1) is 7.91. The summed E-state index contributed by atoms with van der Waals surface area (Å²) in [4.78, 5) is 16.3. The molecular weight excluding hydrogens is 232 g/mol. The highest BCUT2D eigenvalue weighted by molar-refractivity contribution is 7.81. The van der Waals surface area contributed by atoms with Crippen LogP contribution in [-0.2, 0) is 4.79 Å². The normalized spacial score (nSPS) is 20.1. The molecule has 1 fully saturated rings. The molecule has 1 amide bonds. The molecule has 1 unspecified atom stereocenters. The first-order valence-corrected chi connectivity index (χ1v) is 7.05. The van der Waals surface area contributed by atoms with Crippen molar-refractivity contribution in [3.05, 3.63) is 0 Å². The monoisotopic (exact) mass is 258 g/mol. The number of nitrogens with zero attached hydrogens (tertiary/aromatic N) is 2. The van der Waals surface area contributed by atoms with E-state index in [1.165, 1.54) is 0 Å². The molecule has 17 heavy (non-hydrogen) atoms. The van der Waals surface area contributed by atoms with Crippen molar-refractivity contribution < 1.29 is 4.79 Å². The maximum atomic E-state index is 12.1. The summed E-state index contributed by atoms with van der Waals surface area (Å²) in [6.45, 7) is 7.04. The SMILES string of the molecule is CC(C)C(S)C(=O)N1CCC(CN(C)C)CC1. The van der Waals surface area contributed by atoms with Gasteiger partial charge in [-0.1, -0.05) is 13.8 Å². The standard InChI is InChI=1S/C13H26N2OS/c1-10(2)12(17)13(16)15-7-5-11(6-8-15)9-14(3)4/h10-12,17H,5-9H2,1-4H3. The number of thiol groups is 1. The third-order valence-electron chi connectivity index (χ3n) is 3.43. The average Bonchev–Trinajstić information content (AvgIpc) is 2.27. The van der Waals surface area contributed by atoms with Gasteiger partial charge in [-0.15, -0.1) is 0 Å². The molecule has 0 N–H and O–H groups in total. The molecule has 0 saturated carbocycles. The summed E-state index contributed by atoms with van der Waals surface area (Å²) < 4.78 is 0. The Labute approximate surface area is 111 Å². The van der Waals surface area contributed by atoms with Crippen molar-refractivity contribution in [3.8, 4) is 0 Å². The lowest BCUT2D eigenvalue weighted by Crippen LogP contribution is -2.44. The van der Waals surface area contributed by atoms with Gasteiger partial charge in [0.05, 0.1) is 5.25 Å². The Morgan fingerprint density at radius 2 is 1.88 bits per heavy atom. The maximum Gasteiger partial charge on any atom is 0.235 e. The van der Waals surface area contributed by atoms with Gasteiger partial charge in [0.25, 0.3) is 0 Å². The number of amides is 1. The first kappa shape index (κ1) is 14.8. The maximum absolute atomic E-state index is 12.1. The minimum absolute atomic E-state index is 0.139. The number of hydrogen-bond donors (Lipinski definition) is 1. The van der Waals surface area contributed by atoms with Crippen LogP contribution in [0.5, 0.6) is 0 Å². The third-order valence-corrected chi connectivity index (χ3v) is 4.25. The zero-order chi connectivity index (χ0) is 13.0. The number of likely N-dealkylation sites (tertiary alicyclic amines) is 1. The van der Waals surface area contributed by atoms with Crippen LogP contribution in [-0.4, -0.2) is 54.7 Å². The van der Waals surface area contributed by atoms with Gasteiger partial charge in [-0.05, 0) is 38.8 Å². The van der Waals surface area contributed by atoms with Crippen LogP contribution in [0.1, 0.15) is 26.7 Å². The highest BCUT2D eigenvalue weighted by atomic mass is 32.1. The van der Waals surface area contributed by atoms with E-state index in [0.29, 0.717) is 5.92 Å². The predicted octanol–water partition coefficient (Wildman–Crippen LogP) is 1.74. The van der Waals surface area contributed by atoms with Gasteiger partial charge in [-0.3, -0.25) is 4.79 Å². The van der Waals surface area contributed by atoms with Crippen LogP contribution in [0.25, 0.3) is 0 Å². The van der Waals surface area contributed by atoms with Crippen molar-refractivity contribution in [1.29, 1.82) is 0 Å². The molecule has 0 aliphatic carbocycles. The second kappa shape index (κ2) is 6.64. The minimum Gasteiger partial charge on any atom is -0.342 e. The van der Waals surface area contributed by atoms with Gasteiger partial charge in [-0.25, -0.2) is 0 Å². The highest BCUT2D eigenvalue weighted by Crippen LogP contribution is 2.21. The lowest BCUT2D eigenvalue weighted by molar-refractivity contribution is -0.132. The molecule has 0 aromatic heterocycles. The van der Waals surface area contributed by atoms with Gasteiger partial charge in [0, 0.05) is 19.6 Å². The fourth-order valence-electron chi connectivity index (χ4n) is 2.32. The molecule has 1 atom stereocenters. The molecule has 0 aromatic rings. The van der Waals surface area contributed by atoms with Gasteiger partial charge < -0.3 is 9.80 Å². The number of carbonyl (C=O) groups excluding carboxylic acids is 1. The van der Waals surface area contributed by atoms with Crippen LogP contribution in [0.2, 0.25) is 0 Å². The van der Waals surface area contributed by atoms with Crippen LogP contribution in [0.4, 0.5) is 0 Å². The van der Waals surface area contributed by atoms with E-state index in [-0.39, 0.29) is 11.2 Å². The van der Waals surface area contributed by atoms with Crippen LogP contribution < -0.4 is 0 Å². The molecule has 0 spiro atoms. The van der Waals surface area contributed by atoms with Crippen LogP contribution in [0.15, 0.2) is 0 Å². The molecule has 1 rings (SSSR count). The van der Waals surface area contributed by atoms with Crippen molar-refractivity contribution >= 4 is 18.5 Å². The van der Waals surface area contributed by atoms with Crippen LogP contribution >= 0.6 is 12.6 Å². The molecule has 3 nitrogen and oxygen atoms in total. The average molecular weight is 258 g/mol. The smallest absolute Gasteiger partial charge is 0.235 e. The number of carbonyl (C=O) groups is 1. The fraction of sp³-hybridized carbons (Fsp3) is 0.923. The van der Waals surface area contributed by atoms with E-state index in [4.69, 9.17) is 0 Å². The number of rotatable bonds is 4. The Kier molecular flexibility index (Phi) is 5.80. The topological polar surface area (TPSA) is 23.6 Å². The van der Waals surface area contributed by atoms with Crippen LogP contribution in [0, 0.1) is 11.8 Å². The minimum atomic E-state index is -0.139. The molecule has 4 heteroatoms. The van der Waals surface area contributed by atoms with Crippen molar-refractivity contribution in [2.24, 2.45) is 11.8 Å². The van der Waals surface area contributed by atoms with Gasteiger partial charge >= 0.3 is 0 Å². The van der Waals surface area contributed by atoms with E-state index in [2.05, 4.69) is 31.6 Å². The summed E-state index contributed by atoms with van der Waals surface area (Å²) in [6.07, 6.45) is 2.25. The molecule has 1 aliphatic rings. The number of hydrogen-bond acceptors (Lipinski definition) is 3. The van der Waals surface area contributed by atoms with Crippen molar-refractivity contribution in [1.82, 2.24) is 9.80 Å². The summed E-state index contributed by atoms with van der Waals surface area (Å²) in [7, 11) is 4.22. The second-order valence-corrected chi connectivity index (χ2v) is 6.28. The lowest BCUT2D eigenvalue weighted by atomic mass is 9.95. The summed E-state index contributed by atoms with van der Waals surface area (Å²) in [5.41, 5.74) is 0. The van der Waals surface area contributed by atoms with Crippen LogP contribution in [0.3, 0.4) is 0 Å². The van der Waals surface area contributed by atoms with E-state index in [1.807, 2.05) is 18.7 Å². The predicted molar refractivity (Wildman–Crippen MR) is 75.5 cm³/mol. The molecule has 1 aliphatic heterocycles. The van der Waals surface area contributed by atoms with Gasteiger partial charge in [0.2, 0.25) is 5.91 Å². The molecule has 1 saturated heterocycles. The Morgan fingerprint density at radius 3 is 2.29 bits per heavy atom. The van der Waals surface area contributed by atoms with Gasteiger partial charge in [-0.2, -0.15) is 12.6 Å². The second-order valence-electron chi connectivity index (χ2n) is 5.72. The summed E-state index contributed by atoms with van der Waals surface area (Å²) >= 11 is 4.41. The van der Waals surface area contributed by atoms with E-state index in [9.17, 15) is 4.79 Å². The molecule has 0 radical (unpaired) electrons. The van der Waals surface area contributed by atoms with Crippen molar-refractivity contribution in [2.75, 3.05) is 33.7 Å². The summed E-state index contributed by atoms with van der Waals surface area (Å²) in [5, 5.41) is -0.139. The molecular formula is C13H26N2OS. The molecule has 100 valence electrons. The zero-order valence-electron chi connectivity index (χ0n) is 11.5. The molecule has 1 heterocycles. The van der Waals surface area contributed by atoms with E-state index in [1.54, 1.807) is 0 Å². The highest BCUT2D eigenvalue weighted by Gasteiger charge is 2.27. The Morgan fingerprint density at radius 1 is 1.35 bits per heavy atom. The molecule has 0 aromatic carbocycles. The van der Waals surface area contributed by atoms with Crippen molar-refractivity contribution in [3.63, 3.8) is 0 Å². The fourth-order valence-corrected chi connectivity index (χ4v) is 2.49. The largest absolute Gasteiger partial charge is 0.342 e. The first-order valence-electron chi connectivity index (χ1n) is 6.53. The van der Waals surface area contributed by atoms with Gasteiger partial charge in [0.1, 0.15) is 0 Å². The van der Waals surface area contributed by atoms with Gasteiger partial charge in [0.15, 0.2) is 0 Å². The third kappa shape index (κ3) is 4.51. The lowest BCUT2D eigenvalue weighted by Gasteiger charge is -2.35. The Bertz CT molecular complexity index is 248. The zero-order valence-corrected chi connectivity index (χ0v) is 12.4. The van der Waals surface area contributed by atoms with Crippen molar-refractivity contribution in [2.45, 2.75) is 31.9 Å². The van der Waals surface area contributed by atoms with E-state index < -0.39 is 0 Å². The van der Waals surface area contributed by atoms with E-state index >= 15 is 0 Å².